The summed E-state index contributed by atoms with van der Waals surface area (Å²) in [5.74, 6) is -1.43. The Morgan fingerprint density at radius 3 is 2.86 bits per heavy atom. The third-order valence-electron chi connectivity index (χ3n) is 5.51. The highest BCUT2D eigenvalue weighted by atomic mass is 19.1. The van der Waals surface area contributed by atoms with Crippen molar-refractivity contribution < 1.29 is 18.7 Å². The SMILES string of the molecule is C=CC(=O)NC1CCCN(C(=O)c2ncnc(N)c2-c2ccc(Oc3nccc(C)n3)c(F)c2)C1. The molecule has 0 bridgehead atoms. The maximum Gasteiger partial charge on any atom is 0.322 e. The van der Waals surface area contributed by atoms with Gasteiger partial charge in [-0.25, -0.2) is 24.3 Å². The number of nitrogen functional groups attached to an aromatic ring is 1. The molecule has 4 rings (SSSR count). The molecule has 0 radical (unpaired) electrons. The van der Waals surface area contributed by atoms with Crippen LogP contribution in [0.5, 0.6) is 11.8 Å². The number of hydrogen-bond donors (Lipinski definition) is 2. The number of nitrogens with zero attached hydrogens (tertiary/aromatic N) is 5. The second-order valence-corrected chi connectivity index (χ2v) is 8.01. The van der Waals surface area contributed by atoms with Gasteiger partial charge >= 0.3 is 6.01 Å². The molecule has 1 saturated heterocycles. The first-order valence-corrected chi connectivity index (χ1v) is 11.0. The second kappa shape index (κ2) is 10.2. The van der Waals surface area contributed by atoms with Crippen LogP contribution in [0.3, 0.4) is 0 Å². The minimum atomic E-state index is -0.695. The number of ether oxygens (including phenoxy) is 1. The van der Waals surface area contributed by atoms with Gasteiger partial charge in [0.15, 0.2) is 11.6 Å². The van der Waals surface area contributed by atoms with Crippen LogP contribution in [0, 0.1) is 12.7 Å². The molecule has 0 saturated carbocycles. The molecule has 10 nitrogen and oxygen atoms in total. The largest absolute Gasteiger partial charge is 0.421 e. The summed E-state index contributed by atoms with van der Waals surface area (Å²) in [6.07, 6.45) is 5.33. The van der Waals surface area contributed by atoms with E-state index in [1.807, 2.05) is 0 Å². The predicted octanol–water partition coefficient (Wildman–Crippen LogP) is 2.66. The summed E-state index contributed by atoms with van der Waals surface area (Å²) < 4.78 is 20.4. The molecule has 1 atom stereocenters. The van der Waals surface area contributed by atoms with E-state index >= 15 is 0 Å². The lowest BCUT2D eigenvalue weighted by atomic mass is 10.0. The van der Waals surface area contributed by atoms with Gasteiger partial charge in [-0.2, -0.15) is 0 Å². The molecule has 0 aliphatic carbocycles. The summed E-state index contributed by atoms with van der Waals surface area (Å²) in [5.41, 5.74) is 7.35. The fourth-order valence-electron chi connectivity index (χ4n) is 3.85. The van der Waals surface area contributed by atoms with Gasteiger partial charge in [0.1, 0.15) is 17.8 Å². The Morgan fingerprint density at radius 1 is 1.29 bits per heavy atom. The Hall–Kier alpha value is -4.41. The van der Waals surface area contributed by atoms with Crippen molar-refractivity contribution in [1.82, 2.24) is 30.2 Å². The van der Waals surface area contributed by atoms with E-state index in [4.69, 9.17) is 10.5 Å². The van der Waals surface area contributed by atoms with Gasteiger partial charge in [-0.3, -0.25) is 9.59 Å². The monoisotopic (exact) mass is 477 g/mol. The first kappa shape index (κ1) is 23.7. The molecule has 1 aromatic carbocycles. The number of likely N-dealkylation sites (tertiary alicyclic amines) is 1. The Balaban J connectivity index is 1.61. The molecule has 3 heterocycles. The number of hydrogen-bond acceptors (Lipinski definition) is 8. The number of amides is 2. The summed E-state index contributed by atoms with van der Waals surface area (Å²) in [6.45, 7) is 6.01. The quantitative estimate of drug-likeness (QED) is 0.517. The minimum absolute atomic E-state index is 0.0123. The van der Waals surface area contributed by atoms with Crippen molar-refractivity contribution in [2.45, 2.75) is 25.8 Å². The van der Waals surface area contributed by atoms with Gasteiger partial charge in [-0.15, -0.1) is 0 Å². The van der Waals surface area contributed by atoms with Crippen molar-refractivity contribution in [2.24, 2.45) is 0 Å². The van der Waals surface area contributed by atoms with Gasteiger partial charge < -0.3 is 20.7 Å². The van der Waals surface area contributed by atoms with E-state index in [1.165, 1.54) is 30.7 Å². The molecular formula is C24H24FN7O3. The molecule has 2 aromatic heterocycles. The molecule has 2 amide bonds. The zero-order valence-electron chi connectivity index (χ0n) is 19.1. The van der Waals surface area contributed by atoms with Crippen LogP contribution in [0.25, 0.3) is 11.1 Å². The molecule has 1 unspecified atom stereocenters. The van der Waals surface area contributed by atoms with Crippen LogP contribution < -0.4 is 15.8 Å². The number of aromatic nitrogens is 4. The second-order valence-electron chi connectivity index (χ2n) is 8.01. The first-order chi connectivity index (χ1) is 16.9. The zero-order valence-corrected chi connectivity index (χ0v) is 19.1. The Labute approximate surface area is 201 Å². The Bertz CT molecular complexity index is 1280. The van der Waals surface area contributed by atoms with Crippen LogP contribution in [-0.4, -0.2) is 55.8 Å². The van der Waals surface area contributed by atoms with Crippen LogP contribution in [0.4, 0.5) is 10.2 Å². The molecule has 1 aliphatic heterocycles. The smallest absolute Gasteiger partial charge is 0.322 e. The van der Waals surface area contributed by atoms with Crippen molar-refractivity contribution in [3.05, 3.63) is 66.6 Å². The van der Waals surface area contributed by atoms with Crippen LogP contribution in [0.2, 0.25) is 0 Å². The van der Waals surface area contributed by atoms with Gasteiger partial charge in [0.05, 0.1) is 5.56 Å². The van der Waals surface area contributed by atoms with Gasteiger partial charge in [0.25, 0.3) is 5.91 Å². The van der Waals surface area contributed by atoms with Crippen molar-refractivity contribution in [3.63, 3.8) is 0 Å². The Kier molecular flexibility index (Phi) is 6.95. The van der Waals surface area contributed by atoms with E-state index in [0.717, 1.165) is 6.42 Å². The third kappa shape index (κ3) is 5.40. The molecule has 11 heteroatoms. The number of nitrogens with one attached hydrogen (secondary N) is 1. The van der Waals surface area contributed by atoms with E-state index < -0.39 is 5.82 Å². The first-order valence-electron chi connectivity index (χ1n) is 11.0. The molecule has 3 N–H and O–H groups in total. The van der Waals surface area contributed by atoms with Gasteiger partial charge in [-0.05, 0) is 49.6 Å². The minimum Gasteiger partial charge on any atom is -0.421 e. The normalized spacial score (nSPS) is 15.4. The fraction of sp³-hybridized carbons (Fsp3) is 0.250. The highest BCUT2D eigenvalue weighted by Crippen LogP contribution is 2.32. The number of aryl methyl sites for hydroxylation is 1. The van der Waals surface area contributed by atoms with Crippen molar-refractivity contribution >= 4 is 17.6 Å². The lowest BCUT2D eigenvalue weighted by Crippen LogP contribution is -2.49. The summed E-state index contributed by atoms with van der Waals surface area (Å²) in [4.78, 5) is 42.9. The average Bonchev–Trinajstić information content (AvgIpc) is 2.85. The highest BCUT2D eigenvalue weighted by molar-refractivity contribution is 6.01. The third-order valence-corrected chi connectivity index (χ3v) is 5.51. The fourth-order valence-corrected chi connectivity index (χ4v) is 3.85. The summed E-state index contributed by atoms with van der Waals surface area (Å²) in [6, 6.07) is 5.65. The van der Waals surface area contributed by atoms with Crippen molar-refractivity contribution in [3.8, 4) is 22.9 Å². The summed E-state index contributed by atoms with van der Waals surface area (Å²) in [7, 11) is 0. The molecule has 0 spiro atoms. The number of piperidine rings is 1. The topological polar surface area (TPSA) is 136 Å². The maximum absolute atomic E-state index is 14.9. The van der Waals surface area contributed by atoms with Crippen LogP contribution >= 0.6 is 0 Å². The number of carbonyl (C=O) groups excluding carboxylic acids is 2. The number of nitrogens with two attached hydrogens (primary N) is 1. The number of anilines is 1. The number of halogens is 1. The summed E-state index contributed by atoms with van der Waals surface area (Å²) >= 11 is 0. The number of rotatable bonds is 6. The molecule has 1 aliphatic rings. The molecule has 1 fully saturated rings. The van der Waals surface area contributed by atoms with E-state index in [2.05, 4.69) is 31.8 Å². The summed E-state index contributed by atoms with van der Waals surface area (Å²) in [5, 5.41) is 2.82. The van der Waals surface area contributed by atoms with E-state index in [0.29, 0.717) is 30.8 Å². The van der Waals surface area contributed by atoms with E-state index in [-0.39, 0.29) is 46.7 Å². The number of benzene rings is 1. The lowest BCUT2D eigenvalue weighted by molar-refractivity contribution is -0.117. The van der Waals surface area contributed by atoms with Crippen molar-refractivity contribution in [2.75, 3.05) is 18.8 Å². The predicted molar refractivity (Wildman–Crippen MR) is 126 cm³/mol. The lowest BCUT2D eigenvalue weighted by Gasteiger charge is -2.33. The van der Waals surface area contributed by atoms with Gasteiger partial charge in [-0.1, -0.05) is 12.6 Å². The van der Waals surface area contributed by atoms with E-state index in [1.54, 1.807) is 24.0 Å². The van der Waals surface area contributed by atoms with E-state index in [9.17, 15) is 14.0 Å². The standard InChI is InChI=1S/C24H24FN7O3/c1-3-19(33)31-16-5-4-10-32(12-16)23(34)21-20(22(26)29-13-28-21)15-6-7-18(17(25)11-15)35-24-27-9-8-14(2)30-24/h3,6-9,11,13,16H,1,4-5,10,12H2,2H3,(H,31,33)(H2,26,28,29). The molecular weight excluding hydrogens is 453 g/mol. The average molecular weight is 478 g/mol. The maximum atomic E-state index is 14.9. The molecule has 35 heavy (non-hydrogen) atoms. The van der Waals surface area contributed by atoms with Crippen LogP contribution in [-0.2, 0) is 4.79 Å². The zero-order chi connectivity index (χ0) is 24.9. The molecule has 3 aromatic rings. The highest BCUT2D eigenvalue weighted by Gasteiger charge is 2.29. The Morgan fingerprint density at radius 2 is 2.11 bits per heavy atom. The van der Waals surface area contributed by atoms with Gasteiger partial charge in [0.2, 0.25) is 5.91 Å². The molecule has 180 valence electrons. The van der Waals surface area contributed by atoms with Crippen LogP contribution in [0.15, 0.2) is 49.4 Å². The van der Waals surface area contributed by atoms with Crippen LogP contribution in [0.1, 0.15) is 29.0 Å². The number of carbonyl (C=O) groups is 2. The van der Waals surface area contributed by atoms with Crippen molar-refractivity contribution in [1.29, 1.82) is 0 Å². The van der Waals surface area contributed by atoms with Gasteiger partial charge in [0, 0.05) is 31.0 Å².